The lowest BCUT2D eigenvalue weighted by Gasteiger charge is -2.36. The minimum atomic E-state index is -5.01. The van der Waals surface area contributed by atoms with E-state index in [-0.39, 0.29) is 23.7 Å². The Morgan fingerprint density at radius 2 is 1.52 bits per heavy atom. The number of halogens is 6. The van der Waals surface area contributed by atoms with Gasteiger partial charge >= 0.3 is 12.4 Å². The molecule has 33 heavy (non-hydrogen) atoms. The molecule has 1 aliphatic rings. The highest BCUT2D eigenvalue weighted by Gasteiger charge is 2.39. The number of carbonyl (C=O) groups is 1. The molecule has 0 atom stereocenters. The Morgan fingerprint density at radius 1 is 1.00 bits per heavy atom. The SMILES string of the molecule is CN(c1cc(C(F)(F)F)nc(C(F)(F)F)c1)C1CCC(NC(=O)c2ccc(C#N)cc2)CC1. The van der Waals surface area contributed by atoms with Crippen molar-refractivity contribution in [3.63, 3.8) is 0 Å². The molecule has 1 saturated carbocycles. The van der Waals surface area contributed by atoms with Crippen molar-refractivity contribution in [1.29, 1.82) is 5.26 Å². The molecule has 1 heterocycles. The maximum atomic E-state index is 13.1. The second kappa shape index (κ2) is 9.29. The highest BCUT2D eigenvalue weighted by Crippen LogP contribution is 2.37. The Kier molecular flexibility index (Phi) is 6.86. The van der Waals surface area contributed by atoms with Gasteiger partial charge in [-0.05, 0) is 62.1 Å². The van der Waals surface area contributed by atoms with Crippen molar-refractivity contribution in [2.75, 3.05) is 11.9 Å². The van der Waals surface area contributed by atoms with Crippen LogP contribution in [0.1, 0.15) is 53.0 Å². The number of nitrogens with zero attached hydrogens (tertiary/aromatic N) is 3. The number of nitriles is 1. The maximum absolute atomic E-state index is 13.1. The minimum absolute atomic E-state index is 0.174. The van der Waals surface area contributed by atoms with Gasteiger partial charge in [-0.1, -0.05) is 0 Å². The molecule has 0 bridgehead atoms. The second-order valence-corrected chi connectivity index (χ2v) is 7.87. The maximum Gasteiger partial charge on any atom is 0.433 e. The summed E-state index contributed by atoms with van der Waals surface area (Å²) in [5, 5.41) is 11.7. The van der Waals surface area contributed by atoms with Crippen molar-refractivity contribution in [2.24, 2.45) is 0 Å². The smallest absolute Gasteiger partial charge is 0.371 e. The van der Waals surface area contributed by atoms with Crippen LogP contribution in [0, 0.1) is 11.3 Å². The van der Waals surface area contributed by atoms with Crippen LogP contribution in [0.15, 0.2) is 36.4 Å². The van der Waals surface area contributed by atoms with E-state index in [1.807, 2.05) is 6.07 Å². The molecule has 1 aromatic heterocycles. The third-order valence-electron chi connectivity index (χ3n) is 5.65. The van der Waals surface area contributed by atoms with E-state index in [1.165, 1.54) is 36.2 Å². The third-order valence-corrected chi connectivity index (χ3v) is 5.65. The molecule has 1 aromatic carbocycles. The van der Waals surface area contributed by atoms with Crippen LogP contribution < -0.4 is 10.2 Å². The molecule has 0 spiro atoms. The second-order valence-electron chi connectivity index (χ2n) is 7.87. The van der Waals surface area contributed by atoms with E-state index in [9.17, 15) is 31.1 Å². The molecule has 0 unspecified atom stereocenters. The summed E-state index contributed by atoms with van der Waals surface area (Å²) in [4.78, 5) is 16.5. The van der Waals surface area contributed by atoms with Gasteiger partial charge in [0.05, 0.1) is 11.6 Å². The van der Waals surface area contributed by atoms with Gasteiger partial charge in [0.2, 0.25) is 0 Å². The highest BCUT2D eigenvalue weighted by molar-refractivity contribution is 5.94. The molecular weight excluding hydrogens is 450 g/mol. The van der Waals surface area contributed by atoms with Crippen molar-refractivity contribution in [3.8, 4) is 6.07 Å². The summed E-state index contributed by atoms with van der Waals surface area (Å²) >= 11 is 0. The van der Waals surface area contributed by atoms with Crippen molar-refractivity contribution in [3.05, 3.63) is 58.9 Å². The van der Waals surface area contributed by atoms with Crippen LogP contribution in [0.25, 0.3) is 0 Å². The summed E-state index contributed by atoms with van der Waals surface area (Å²) in [6, 6.07) is 8.86. The van der Waals surface area contributed by atoms with E-state index in [1.54, 1.807) is 0 Å². The molecule has 2 aromatic rings. The lowest BCUT2D eigenvalue weighted by atomic mass is 9.90. The topological polar surface area (TPSA) is 69.0 Å². The van der Waals surface area contributed by atoms with Crippen molar-refractivity contribution in [1.82, 2.24) is 10.3 Å². The number of pyridine rings is 1. The summed E-state index contributed by atoms with van der Waals surface area (Å²) in [6.45, 7) is 0. The quantitative estimate of drug-likeness (QED) is 0.627. The highest BCUT2D eigenvalue weighted by atomic mass is 19.4. The Labute approximate surface area is 186 Å². The molecule has 0 saturated heterocycles. The van der Waals surface area contributed by atoms with Gasteiger partial charge < -0.3 is 10.2 Å². The van der Waals surface area contributed by atoms with Crippen LogP contribution in [0.5, 0.6) is 0 Å². The van der Waals surface area contributed by atoms with E-state index in [0.29, 0.717) is 48.9 Å². The number of nitrogens with one attached hydrogen (secondary N) is 1. The van der Waals surface area contributed by atoms with Gasteiger partial charge in [-0.3, -0.25) is 4.79 Å². The van der Waals surface area contributed by atoms with Gasteiger partial charge in [-0.25, -0.2) is 4.98 Å². The average molecular weight is 470 g/mol. The molecular formula is C22H20F6N4O. The number of hydrogen-bond acceptors (Lipinski definition) is 4. The minimum Gasteiger partial charge on any atom is -0.371 e. The molecule has 176 valence electrons. The first-order valence-electron chi connectivity index (χ1n) is 10.1. The molecule has 0 aliphatic heterocycles. The predicted molar refractivity (Wildman–Crippen MR) is 107 cm³/mol. The summed E-state index contributed by atoms with van der Waals surface area (Å²) in [5.74, 6) is -0.310. The van der Waals surface area contributed by atoms with Crippen molar-refractivity contribution < 1.29 is 31.1 Å². The molecule has 11 heteroatoms. The fraction of sp³-hybridized carbons (Fsp3) is 0.409. The Balaban J connectivity index is 1.67. The van der Waals surface area contributed by atoms with E-state index in [4.69, 9.17) is 5.26 Å². The van der Waals surface area contributed by atoms with Gasteiger partial charge in [0.15, 0.2) is 0 Å². The summed E-state index contributed by atoms with van der Waals surface area (Å²) in [7, 11) is 1.45. The normalized spacial score (nSPS) is 19.0. The van der Waals surface area contributed by atoms with Crippen LogP contribution in [0.2, 0.25) is 0 Å². The van der Waals surface area contributed by atoms with Gasteiger partial charge in [0.25, 0.3) is 5.91 Å². The van der Waals surface area contributed by atoms with Gasteiger partial charge in [0.1, 0.15) is 11.4 Å². The Morgan fingerprint density at radius 3 is 1.97 bits per heavy atom. The summed E-state index contributed by atoms with van der Waals surface area (Å²) in [6.07, 6.45) is -8.05. The number of hydrogen-bond donors (Lipinski definition) is 1. The lowest BCUT2D eigenvalue weighted by Crippen LogP contribution is -2.43. The molecule has 1 fully saturated rings. The first kappa shape index (κ1) is 24.4. The van der Waals surface area contributed by atoms with Gasteiger partial charge in [-0.2, -0.15) is 31.6 Å². The first-order chi connectivity index (χ1) is 15.4. The Bertz CT molecular complexity index is 1000. The van der Waals surface area contributed by atoms with Crippen LogP contribution in [0.3, 0.4) is 0 Å². The van der Waals surface area contributed by atoms with Crippen molar-refractivity contribution in [2.45, 2.75) is 50.1 Å². The van der Waals surface area contributed by atoms with Crippen molar-refractivity contribution >= 4 is 11.6 Å². The molecule has 1 N–H and O–H groups in total. The zero-order valence-corrected chi connectivity index (χ0v) is 17.5. The van der Waals surface area contributed by atoms with E-state index in [2.05, 4.69) is 10.3 Å². The van der Waals surface area contributed by atoms with E-state index < -0.39 is 23.7 Å². The number of amides is 1. The molecule has 3 rings (SSSR count). The fourth-order valence-corrected chi connectivity index (χ4v) is 3.79. The standard InChI is InChI=1S/C22H20F6N4O/c1-32(17-10-18(21(23,24)25)31-19(11-17)22(26,27)28)16-8-6-15(7-9-16)30-20(33)14-4-2-13(12-29)3-5-14/h2-5,10-11,15-16H,6-9H2,1H3,(H,30,33). The monoisotopic (exact) mass is 470 g/mol. The largest absolute Gasteiger partial charge is 0.433 e. The molecule has 1 aliphatic carbocycles. The van der Waals surface area contributed by atoms with E-state index >= 15 is 0 Å². The van der Waals surface area contributed by atoms with Gasteiger partial charge in [-0.15, -0.1) is 0 Å². The van der Waals surface area contributed by atoms with Gasteiger partial charge in [0, 0.05) is 30.4 Å². The predicted octanol–water partition coefficient (Wildman–Crippen LogP) is 5.17. The lowest BCUT2D eigenvalue weighted by molar-refractivity contribution is -0.150. The van der Waals surface area contributed by atoms with Crippen LogP contribution in [-0.4, -0.2) is 30.0 Å². The molecule has 0 radical (unpaired) electrons. The number of alkyl halides is 6. The van der Waals surface area contributed by atoms with Crippen LogP contribution in [0.4, 0.5) is 32.0 Å². The third kappa shape index (κ3) is 5.94. The number of carbonyl (C=O) groups excluding carboxylic acids is 1. The molecule has 1 amide bonds. The van der Waals surface area contributed by atoms with Crippen LogP contribution in [-0.2, 0) is 12.4 Å². The number of benzene rings is 1. The Hall–Kier alpha value is -3.29. The zero-order chi connectivity index (χ0) is 24.4. The summed E-state index contributed by atoms with van der Waals surface area (Å²) < 4.78 is 78.6. The van der Waals surface area contributed by atoms with Crippen LogP contribution >= 0.6 is 0 Å². The zero-order valence-electron chi connectivity index (χ0n) is 17.5. The fourth-order valence-electron chi connectivity index (χ4n) is 3.79. The molecule has 5 nitrogen and oxygen atoms in total. The first-order valence-corrected chi connectivity index (χ1v) is 10.1. The van der Waals surface area contributed by atoms with E-state index in [0.717, 1.165) is 0 Å². The number of aromatic nitrogens is 1. The summed E-state index contributed by atoms with van der Waals surface area (Å²) in [5.41, 5.74) is -2.59. The number of rotatable bonds is 4. The average Bonchev–Trinajstić information content (AvgIpc) is 2.77. The number of anilines is 1.